The summed E-state index contributed by atoms with van der Waals surface area (Å²) < 4.78 is 1.74. The Morgan fingerprint density at radius 2 is 2.08 bits per heavy atom. The van der Waals surface area contributed by atoms with Crippen LogP contribution in [0.5, 0.6) is 0 Å². The van der Waals surface area contributed by atoms with Crippen LogP contribution in [-0.2, 0) is 16.6 Å². The molecule has 1 aromatic heterocycles. The maximum atomic E-state index is 13.3. The molecule has 2 aromatic rings. The number of carbonyl (C=O) groups excluding carboxylic acids is 2. The van der Waals surface area contributed by atoms with E-state index in [4.69, 9.17) is 5.73 Å². The third kappa shape index (κ3) is 3.77. The molecule has 7 nitrogen and oxygen atoms in total. The lowest BCUT2D eigenvalue weighted by molar-refractivity contribution is -0.141. The molecule has 0 unspecified atom stereocenters. The molecule has 26 heavy (non-hydrogen) atoms. The average molecular weight is 355 g/mol. The van der Waals surface area contributed by atoms with E-state index in [1.807, 2.05) is 50.5 Å². The van der Waals surface area contributed by atoms with Crippen molar-refractivity contribution in [1.29, 1.82) is 0 Å². The van der Waals surface area contributed by atoms with E-state index in [0.717, 1.165) is 11.1 Å². The van der Waals surface area contributed by atoms with Crippen LogP contribution >= 0.6 is 0 Å². The van der Waals surface area contributed by atoms with E-state index in [1.54, 1.807) is 15.8 Å². The molecule has 1 aromatic carbocycles. The first kappa shape index (κ1) is 18.1. The Morgan fingerprint density at radius 3 is 2.69 bits per heavy atom. The monoisotopic (exact) mass is 355 g/mol. The number of benzene rings is 1. The summed E-state index contributed by atoms with van der Waals surface area (Å²) in [6.45, 7) is 3.13. The molecule has 0 radical (unpaired) electrons. The number of hydrogen-bond donors (Lipinski definition) is 2. The van der Waals surface area contributed by atoms with Crippen molar-refractivity contribution in [1.82, 2.24) is 20.0 Å². The predicted molar refractivity (Wildman–Crippen MR) is 98.1 cm³/mol. The van der Waals surface area contributed by atoms with E-state index < -0.39 is 5.91 Å². The van der Waals surface area contributed by atoms with Crippen molar-refractivity contribution in [3.8, 4) is 0 Å². The maximum Gasteiger partial charge on any atom is 0.237 e. The van der Waals surface area contributed by atoms with E-state index in [9.17, 15) is 9.59 Å². The van der Waals surface area contributed by atoms with Crippen LogP contribution in [0.3, 0.4) is 0 Å². The van der Waals surface area contributed by atoms with Crippen LogP contribution in [0.15, 0.2) is 42.7 Å². The summed E-state index contributed by atoms with van der Waals surface area (Å²) in [5, 5.41) is 7.52. The van der Waals surface area contributed by atoms with E-state index in [2.05, 4.69) is 10.4 Å². The normalized spacial score (nSPS) is 20.7. The Hall–Kier alpha value is -2.67. The number of hydrogen-bond acceptors (Lipinski definition) is 4. The van der Waals surface area contributed by atoms with Gasteiger partial charge in [0.1, 0.15) is 0 Å². The lowest BCUT2D eigenvalue weighted by Gasteiger charge is -2.32. The highest BCUT2D eigenvalue weighted by atomic mass is 16.2. The van der Waals surface area contributed by atoms with Crippen LogP contribution in [0.4, 0.5) is 0 Å². The van der Waals surface area contributed by atoms with Crippen LogP contribution in [0.1, 0.15) is 30.0 Å². The molecule has 1 aliphatic rings. The zero-order valence-electron chi connectivity index (χ0n) is 15.1. The summed E-state index contributed by atoms with van der Waals surface area (Å²) in [5.41, 5.74) is 7.44. The summed E-state index contributed by atoms with van der Waals surface area (Å²) in [6.07, 6.45) is 3.74. The number of aryl methyl sites for hydroxylation is 1. The van der Waals surface area contributed by atoms with Crippen molar-refractivity contribution >= 4 is 11.8 Å². The summed E-state index contributed by atoms with van der Waals surface area (Å²) in [7, 11) is 1.86. The van der Waals surface area contributed by atoms with E-state index in [-0.39, 0.29) is 30.3 Å². The number of nitrogens with zero attached hydrogens (tertiary/aromatic N) is 3. The molecule has 3 atom stereocenters. The number of rotatable bonds is 6. The molecule has 0 bridgehead atoms. The molecule has 1 aliphatic heterocycles. The molecule has 0 saturated carbocycles. The Balaban J connectivity index is 1.85. The zero-order valence-corrected chi connectivity index (χ0v) is 15.1. The minimum atomic E-state index is -0.509. The van der Waals surface area contributed by atoms with Crippen LogP contribution < -0.4 is 11.1 Å². The third-order valence-corrected chi connectivity index (χ3v) is 5.04. The fourth-order valence-electron chi connectivity index (χ4n) is 3.62. The van der Waals surface area contributed by atoms with Crippen molar-refractivity contribution < 1.29 is 9.59 Å². The quantitative estimate of drug-likeness (QED) is 0.801. The fraction of sp³-hybridized carbons (Fsp3) is 0.421. The molecule has 7 heteroatoms. The lowest BCUT2D eigenvalue weighted by atomic mass is 9.89. The van der Waals surface area contributed by atoms with Crippen molar-refractivity contribution in [3.05, 3.63) is 53.9 Å². The Morgan fingerprint density at radius 1 is 1.35 bits per heavy atom. The zero-order chi connectivity index (χ0) is 18.7. The molecular formula is C19H25N5O2. The Bertz CT molecular complexity index is 773. The molecular weight excluding hydrogens is 330 g/mol. The average Bonchev–Trinajstić information content (AvgIpc) is 3.27. The van der Waals surface area contributed by atoms with Gasteiger partial charge in [-0.3, -0.25) is 14.3 Å². The smallest absolute Gasteiger partial charge is 0.237 e. The standard InChI is InChI=1S/C19H25N5O2/c1-13(14-6-4-3-5-7-14)24(12-18(20)25)19(26)17-10-21-9-16(17)15-8-22-23(2)11-15/h3-8,11,13,16-17,21H,9-10,12H2,1-2H3,(H2,20,25)/t13-,16-,17+/m1/s1. The van der Waals surface area contributed by atoms with E-state index in [0.29, 0.717) is 13.1 Å². The first-order chi connectivity index (χ1) is 12.5. The van der Waals surface area contributed by atoms with Gasteiger partial charge in [0.25, 0.3) is 0 Å². The Kier molecular flexibility index (Phi) is 5.37. The summed E-state index contributed by atoms with van der Waals surface area (Å²) in [6, 6.07) is 9.46. The predicted octanol–water partition coefficient (Wildman–Crippen LogP) is 0.798. The largest absolute Gasteiger partial charge is 0.368 e. The van der Waals surface area contributed by atoms with Gasteiger partial charge in [0, 0.05) is 32.3 Å². The maximum absolute atomic E-state index is 13.3. The first-order valence-electron chi connectivity index (χ1n) is 8.80. The molecule has 0 spiro atoms. The van der Waals surface area contributed by atoms with Gasteiger partial charge in [0.2, 0.25) is 11.8 Å². The van der Waals surface area contributed by atoms with Gasteiger partial charge in [-0.15, -0.1) is 0 Å². The van der Waals surface area contributed by atoms with Crippen LogP contribution in [0, 0.1) is 5.92 Å². The number of nitrogens with two attached hydrogens (primary N) is 1. The van der Waals surface area contributed by atoms with Gasteiger partial charge in [-0.1, -0.05) is 30.3 Å². The van der Waals surface area contributed by atoms with Gasteiger partial charge in [-0.05, 0) is 18.1 Å². The highest BCUT2D eigenvalue weighted by Gasteiger charge is 2.38. The van der Waals surface area contributed by atoms with Gasteiger partial charge < -0.3 is 16.0 Å². The van der Waals surface area contributed by atoms with E-state index >= 15 is 0 Å². The number of aromatic nitrogens is 2. The second-order valence-electron chi connectivity index (χ2n) is 6.84. The topological polar surface area (TPSA) is 93.2 Å². The molecule has 1 saturated heterocycles. The van der Waals surface area contributed by atoms with Gasteiger partial charge in [0.05, 0.1) is 24.7 Å². The van der Waals surface area contributed by atoms with Gasteiger partial charge in [-0.2, -0.15) is 5.10 Å². The molecule has 3 rings (SSSR count). The Labute approximate surface area is 153 Å². The summed E-state index contributed by atoms with van der Waals surface area (Å²) >= 11 is 0. The number of nitrogens with one attached hydrogen (secondary N) is 1. The lowest BCUT2D eigenvalue weighted by Crippen LogP contribution is -2.44. The highest BCUT2D eigenvalue weighted by molar-refractivity contribution is 5.86. The minimum absolute atomic E-state index is 0.0366. The number of primary amides is 1. The van der Waals surface area contributed by atoms with Gasteiger partial charge >= 0.3 is 0 Å². The number of amides is 2. The molecule has 2 amide bonds. The molecule has 0 aliphatic carbocycles. The molecule has 3 N–H and O–H groups in total. The number of carbonyl (C=O) groups is 2. The van der Waals surface area contributed by atoms with Crippen LogP contribution in [0.2, 0.25) is 0 Å². The van der Waals surface area contributed by atoms with Crippen molar-refractivity contribution in [2.24, 2.45) is 18.7 Å². The highest BCUT2D eigenvalue weighted by Crippen LogP contribution is 2.31. The van der Waals surface area contributed by atoms with Crippen LogP contribution in [-0.4, -0.2) is 46.1 Å². The van der Waals surface area contributed by atoms with Gasteiger partial charge in [-0.25, -0.2) is 0 Å². The molecule has 138 valence electrons. The molecule has 1 fully saturated rings. The van der Waals surface area contributed by atoms with Crippen molar-refractivity contribution in [2.45, 2.75) is 18.9 Å². The third-order valence-electron chi connectivity index (χ3n) is 5.04. The van der Waals surface area contributed by atoms with Crippen molar-refractivity contribution in [3.63, 3.8) is 0 Å². The fourth-order valence-corrected chi connectivity index (χ4v) is 3.62. The van der Waals surface area contributed by atoms with E-state index in [1.165, 1.54) is 0 Å². The SMILES string of the molecule is C[C@H](c1ccccc1)N(CC(N)=O)C(=O)[C@H]1CNC[C@@H]1c1cnn(C)c1. The first-order valence-corrected chi connectivity index (χ1v) is 8.80. The molecule has 2 heterocycles. The summed E-state index contributed by atoms with van der Waals surface area (Å²) in [4.78, 5) is 26.6. The summed E-state index contributed by atoms with van der Waals surface area (Å²) in [5.74, 6) is -0.775. The second-order valence-corrected chi connectivity index (χ2v) is 6.84. The van der Waals surface area contributed by atoms with Gasteiger partial charge in [0.15, 0.2) is 0 Å². The second kappa shape index (κ2) is 7.70. The minimum Gasteiger partial charge on any atom is -0.368 e. The van der Waals surface area contributed by atoms with Crippen molar-refractivity contribution in [2.75, 3.05) is 19.6 Å². The van der Waals surface area contributed by atoms with Crippen LogP contribution in [0.25, 0.3) is 0 Å².